The van der Waals surface area contributed by atoms with E-state index in [9.17, 15) is 4.79 Å². The van der Waals surface area contributed by atoms with Crippen molar-refractivity contribution in [1.82, 2.24) is 0 Å². The van der Waals surface area contributed by atoms with Crippen molar-refractivity contribution in [2.24, 2.45) is 0 Å². The van der Waals surface area contributed by atoms with E-state index in [1.165, 1.54) is 6.08 Å². The van der Waals surface area contributed by atoms with Gasteiger partial charge in [-0.1, -0.05) is 12.7 Å². The fraction of sp³-hybridized carbons (Fsp3) is 0.500. The number of esters is 1. The summed E-state index contributed by atoms with van der Waals surface area (Å²) in [6.45, 7) is 3.69. The topological polar surface area (TPSA) is 26.3 Å². The van der Waals surface area contributed by atoms with Crippen LogP contribution < -0.4 is 0 Å². The molecule has 0 amide bonds. The average Bonchev–Trinajstić information content (AvgIpc) is 1.85. The molecule has 0 aliphatic heterocycles. The Morgan fingerprint density at radius 2 is 2.30 bits per heavy atom. The van der Waals surface area contributed by atoms with Gasteiger partial charge >= 0.3 is 35.5 Å². The molecule has 10 heavy (non-hydrogen) atoms. The van der Waals surface area contributed by atoms with Crippen molar-refractivity contribution in [1.29, 1.82) is 0 Å². The molecule has 0 aromatic heterocycles. The van der Waals surface area contributed by atoms with Crippen molar-refractivity contribution in [2.45, 2.75) is 6.42 Å². The van der Waals surface area contributed by atoms with E-state index < -0.39 is 0 Å². The predicted molar refractivity (Wildman–Crippen MR) is 46.8 cm³/mol. The van der Waals surface area contributed by atoms with E-state index in [2.05, 4.69) is 23.9 Å². The van der Waals surface area contributed by atoms with Gasteiger partial charge in [0, 0.05) is 5.75 Å². The van der Waals surface area contributed by atoms with Gasteiger partial charge in [-0.3, -0.25) is 4.79 Å². The molecule has 54 valence electrons. The molecule has 0 saturated heterocycles. The van der Waals surface area contributed by atoms with Gasteiger partial charge in [-0.05, 0) is 0 Å². The molecule has 0 aliphatic carbocycles. The van der Waals surface area contributed by atoms with Crippen LogP contribution in [0.3, 0.4) is 0 Å². The molecule has 0 rings (SSSR count). The molecule has 0 aromatic carbocycles. The van der Waals surface area contributed by atoms with Crippen molar-refractivity contribution in [3.05, 3.63) is 12.7 Å². The summed E-state index contributed by atoms with van der Waals surface area (Å²) in [4.78, 5) is 10.5. The monoisotopic (exact) mass is 170 g/mol. The number of rotatable bonds is 4. The normalized spacial score (nSPS) is 7.70. The molecule has 0 heterocycles. The third-order valence-corrected chi connectivity index (χ3v) is 0.902. The van der Waals surface area contributed by atoms with Gasteiger partial charge in [0.2, 0.25) is 0 Å². The number of carbonyl (C=O) groups excluding carboxylic acids is 1. The Labute approximate surface area is 88.7 Å². The summed E-state index contributed by atoms with van der Waals surface area (Å²) < 4.78 is 4.63. The van der Waals surface area contributed by atoms with Crippen LogP contribution in [0.5, 0.6) is 0 Å². The molecule has 0 spiro atoms. The van der Waals surface area contributed by atoms with Crippen LogP contribution in [-0.2, 0) is 9.53 Å². The van der Waals surface area contributed by atoms with Crippen LogP contribution in [0, 0.1) is 0 Å². The summed E-state index contributed by atoms with van der Waals surface area (Å²) in [5.74, 6) is 0.320. The molecule has 0 radical (unpaired) electrons. The Hall–Kier alpha value is 0.560. The molecule has 0 bridgehead atoms. The first-order valence-corrected chi connectivity index (χ1v) is 3.32. The van der Waals surface area contributed by atoms with Crippen LogP contribution in [0.4, 0.5) is 0 Å². The van der Waals surface area contributed by atoms with Crippen LogP contribution in [0.1, 0.15) is 6.42 Å². The van der Waals surface area contributed by atoms with Gasteiger partial charge in [0.15, 0.2) is 0 Å². The number of carbonyl (C=O) groups is 1. The second kappa shape index (κ2) is 9.56. The number of hydrogen-bond acceptors (Lipinski definition) is 3. The van der Waals surface area contributed by atoms with E-state index in [0.717, 1.165) is 0 Å². The number of ether oxygens (including phenoxy) is 1. The number of hydrogen-bond donors (Lipinski definition) is 1. The van der Waals surface area contributed by atoms with Crippen molar-refractivity contribution < 1.29 is 9.53 Å². The maximum atomic E-state index is 10.5. The zero-order valence-corrected chi connectivity index (χ0v) is 6.06. The van der Waals surface area contributed by atoms with Crippen molar-refractivity contribution >= 4 is 48.2 Å². The molecule has 0 aliphatic rings. The Morgan fingerprint density at radius 1 is 1.70 bits per heavy atom. The molecular formula is C6H11NaO2S. The zero-order chi connectivity index (χ0) is 7.11. The molecule has 0 saturated carbocycles. The first-order chi connectivity index (χ1) is 4.31. The quantitative estimate of drug-likeness (QED) is 0.286. The zero-order valence-electron chi connectivity index (χ0n) is 5.17. The van der Waals surface area contributed by atoms with Gasteiger partial charge in [0.25, 0.3) is 0 Å². The minimum absolute atomic E-state index is 0. The number of thiol groups is 1. The first kappa shape index (κ1) is 13.2. The fourth-order valence-corrected chi connectivity index (χ4v) is 0.498. The second-order valence-electron chi connectivity index (χ2n) is 1.45. The van der Waals surface area contributed by atoms with E-state index in [0.29, 0.717) is 18.8 Å². The predicted octanol–water partition coefficient (Wildman–Crippen LogP) is 0.387. The maximum absolute atomic E-state index is 10.5. The third-order valence-electron chi connectivity index (χ3n) is 0.678. The molecule has 0 atom stereocenters. The van der Waals surface area contributed by atoms with Crippen LogP contribution >= 0.6 is 12.6 Å². The SMILES string of the molecule is C=CCOC(=O)CCS.[NaH]. The fourth-order valence-electron chi connectivity index (χ4n) is 0.315. The van der Waals surface area contributed by atoms with Gasteiger partial charge in [0.1, 0.15) is 6.61 Å². The average molecular weight is 170 g/mol. The Kier molecular flexibility index (Phi) is 12.6. The molecule has 2 nitrogen and oxygen atoms in total. The van der Waals surface area contributed by atoms with E-state index in [-0.39, 0.29) is 35.5 Å². The van der Waals surface area contributed by atoms with Gasteiger partial charge in [-0.2, -0.15) is 12.6 Å². The Bertz CT molecular complexity index is 106. The van der Waals surface area contributed by atoms with Crippen LogP contribution in [0.25, 0.3) is 0 Å². The summed E-state index contributed by atoms with van der Waals surface area (Å²) in [7, 11) is 0. The van der Waals surface area contributed by atoms with E-state index >= 15 is 0 Å². The Morgan fingerprint density at radius 3 is 2.70 bits per heavy atom. The van der Waals surface area contributed by atoms with E-state index in [4.69, 9.17) is 0 Å². The third kappa shape index (κ3) is 8.56. The van der Waals surface area contributed by atoms with Crippen molar-refractivity contribution in [3.63, 3.8) is 0 Å². The Balaban J connectivity index is 0. The van der Waals surface area contributed by atoms with Gasteiger partial charge in [0.05, 0.1) is 6.42 Å². The summed E-state index contributed by atoms with van der Waals surface area (Å²) >= 11 is 3.86. The standard InChI is InChI=1S/C6H10O2S.Na.H/c1-2-4-8-6(7)3-5-9;;/h2,9H,1,3-5H2;;. The van der Waals surface area contributed by atoms with Gasteiger partial charge in [-0.25, -0.2) is 0 Å². The first-order valence-electron chi connectivity index (χ1n) is 2.68. The van der Waals surface area contributed by atoms with Crippen LogP contribution in [0.2, 0.25) is 0 Å². The van der Waals surface area contributed by atoms with Crippen molar-refractivity contribution in [3.8, 4) is 0 Å². The summed E-state index contributed by atoms with van der Waals surface area (Å²) in [5, 5.41) is 0. The van der Waals surface area contributed by atoms with Crippen LogP contribution in [-0.4, -0.2) is 47.9 Å². The summed E-state index contributed by atoms with van der Waals surface area (Å²) in [6, 6.07) is 0. The molecular weight excluding hydrogens is 159 g/mol. The molecule has 0 aromatic rings. The summed E-state index contributed by atoms with van der Waals surface area (Å²) in [5.41, 5.74) is 0. The van der Waals surface area contributed by atoms with Crippen LogP contribution in [0.15, 0.2) is 12.7 Å². The second-order valence-corrected chi connectivity index (χ2v) is 1.89. The van der Waals surface area contributed by atoms with Crippen molar-refractivity contribution in [2.75, 3.05) is 12.4 Å². The minimum atomic E-state index is -0.218. The molecule has 0 unspecified atom stereocenters. The summed E-state index contributed by atoms with van der Waals surface area (Å²) in [6.07, 6.45) is 1.91. The van der Waals surface area contributed by atoms with Gasteiger partial charge < -0.3 is 4.74 Å². The molecule has 0 N–H and O–H groups in total. The van der Waals surface area contributed by atoms with Gasteiger partial charge in [-0.15, -0.1) is 0 Å². The molecule has 4 heteroatoms. The van der Waals surface area contributed by atoms with E-state index in [1.54, 1.807) is 0 Å². The molecule has 0 fully saturated rings. The van der Waals surface area contributed by atoms with E-state index in [1.807, 2.05) is 0 Å².